The van der Waals surface area contributed by atoms with Gasteiger partial charge in [0, 0.05) is 6.54 Å². The topological polar surface area (TPSA) is 77.7 Å². The number of alkyl halides is 3. The molecule has 6 nitrogen and oxygen atoms in total. The van der Waals surface area contributed by atoms with E-state index in [4.69, 9.17) is 11.6 Å². The second kappa shape index (κ2) is 6.10. The van der Waals surface area contributed by atoms with Gasteiger partial charge in [0.1, 0.15) is 17.2 Å². The van der Waals surface area contributed by atoms with Crippen LogP contribution in [0, 0.1) is 5.92 Å². The summed E-state index contributed by atoms with van der Waals surface area (Å²) in [6.45, 7) is 0.852. The van der Waals surface area contributed by atoms with Crippen molar-refractivity contribution in [3.05, 3.63) is 29.2 Å². The molecule has 0 fully saturated rings. The minimum absolute atomic E-state index is 0.0338. The van der Waals surface area contributed by atoms with Gasteiger partial charge in [0.25, 0.3) is 0 Å². The molecule has 0 bridgehead atoms. The molecule has 1 unspecified atom stereocenters. The van der Waals surface area contributed by atoms with Gasteiger partial charge in [-0.15, -0.1) is 10.2 Å². The van der Waals surface area contributed by atoms with Crippen LogP contribution in [0.5, 0.6) is 0 Å². The van der Waals surface area contributed by atoms with Crippen LogP contribution in [-0.2, 0) is 16.4 Å². The number of hydrogen-bond acceptors (Lipinski definition) is 5. The molecule has 0 amide bonds. The summed E-state index contributed by atoms with van der Waals surface area (Å²) in [7, 11) is -3.86. The Balaban J connectivity index is 2.21. The number of sulfone groups is 1. The molecule has 1 aliphatic heterocycles. The number of halogens is 4. The number of fused-ring (bicyclic) bond motifs is 1. The van der Waals surface area contributed by atoms with Crippen LogP contribution in [0.15, 0.2) is 23.2 Å². The van der Waals surface area contributed by atoms with E-state index < -0.39 is 28.5 Å². The molecule has 0 radical (unpaired) electrons. The number of rotatable bonds is 3. The lowest BCUT2D eigenvalue weighted by molar-refractivity contribution is -0.164. The van der Waals surface area contributed by atoms with E-state index in [0.29, 0.717) is 0 Å². The second-order valence-electron chi connectivity index (χ2n) is 5.39. The highest BCUT2D eigenvalue weighted by atomic mass is 35.5. The number of aromatic nitrogens is 4. The Morgan fingerprint density at radius 1 is 1.32 bits per heavy atom. The highest BCUT2D eigenvalue weighted by Gasteiger charge is 2.41. The van der Waals surface area contributed by atoms with Crippen LogP contribution < -0.4 is 0 Å². The smallest absolute Gasteiger partial charge is 0.314 e. The Morgan fingerprint density at radius 3 is 2.60 bits per heavy atom. The van der Waals surface area contributed by atoms with Crippen molar-refractivity contribution >= 4 is 27.5 Å². The summed E-state index contributed by atoms with van der Waals surface area (Å²) in [5, 5.41) is 7.25. The van der Waals surface area contributed by atoms with Crippen LogP contribution >= 0.6 is 11.6 Å². The van der Waals surface area contributed by atoms with Crippen molar-refractivity contribution < 1.29 is 21.6 Å². The fraction of sp³-hybridized carbons (Fsp3) is 0.357. The van der Waals surface area contributed by atoms with Gasteiger partial charge in [-0.1, -0.05) is 24.6 Å². The average molecular weight is 393 g/mol. The minimum atomic E-state index is -4.48. The Bertz CT molecular complexity index is 936. The number of nitrogens with zero attached hydrogens (tertiary/aromatic N) is 4. The van der Waals surface area contributed by atoms with Gasteiger partial charge in [-0.3, -0.25) is 0 Å². The quantitative estimate of drug-likeness (QED) is 0.802. The van der Waals surface area contributed by atoms with E-state index in [-0.39, 0.29) is 33.1 Å². The van der Waals surface area contributed by atoms with Gasteiger partial charge >= 0.3 is 6.18 Å². The van der Waals surface area contributed by atoms with Crippen LogP contribution in [0.25, 0.3) is 17.5 Å². The third-order valence-corrected chi connectivity index (χ3v) is 5.74. The Labute approximate surface area is 146 Å². The summed E-state index contributed by atoms with van der Waals surface area (Å²) in [5.41, 5.74) is 0.0868. The SMILES string of the molecule is CCS(=O)(=O)c1c(-c2ccc(Cl)nn2)nc2n1CC(C(F)(F)F)C=C2. The zero-order valence-corrected chi connectivity index (χ0v) is 14.4. The standard InChI is InChI=1S/C14H12ClF3N4O2S/c1-2-25(23,24)13-12(9-4-5-10(15)21-20-9)19-11-6-3-8(7-22(11)13)14(16,17)18/h3-6,8H,2,7H2,1H3. The normalized spacial score (nSPS) is 17.6. The third kappa shape index (κ3) is 3.28. The molecule has 0 N–H and O–H groups in total. The second-order valence-corrected chi connectivity index (χ2v) is 7.97. The molecule has 1 atom stereocenters. The van der Waals surface area contributed by atoms with E-state index >= 15 is 0 Å². The summed E-state index contributed by atoms with van der Waals surface area (Å²) in [4.78, 5) is 4.17. The lowest BCUT2D eigenvalue weighted by Crippen LogP contribution is -2.29. The van der Waals surface area contributed by atoms with Crippen LogP contribution in [0.3, 0.4) is 0 Å². The lowest BCUT2D eigenvalue weighted by atomic mass is 10.1. The van der Waals surface area contributed by atoms with Crippen molar-refractivity contribution in [1.29, 1.82) is 0 Å². The molecule has 0 aromatic carbocycles. The van der Waals surface area contributed by atoms with Crippen molar-refractivity contribution in [2.75, 3.05) is 5.75 Å². The van der Waals surface area contributed by atoms with E-state index in [1.54, 1.807) is 0 Å². The molecule has 3 rings (SSSR count). The van der Waals surface area contributed by atoms with Gasteiger partial charge in [0.05, 0.1) is 11.7 Å². The van der Waals surface area contributed by atoms with Gasteiger partial charge in [0.2, 0.25) is 0 Å². The molecule has 2 aromatic rings. The summed E-state index contributed by atoms with van der Waals surface area (Å²) in [5.74, 6) is -1.95. The predicted octanol–water partition coefficient (Wildman–Crippen LogP) is 2.99. The molecule has 0 saturated heterocycles. The van der Waals surface area contributed by atoms with Gasteiger partial charge in [0.15, 0.2) is 20.0 Å². The van der Waals surface area contributed by atoms with E-state index in [1.807, 2.05) is 0 Å². The van der Waals surface area contributed by atoms with Gasteiger partial charge in [-0.05, 0) is 18.2 Å². The summed E-state index contributed by atoms with van der Waals surface area (Å²) >= 11 is 5.67. The molecule has 1 aliphatic rings. The molecule has 0 aliphatic carbocycles. The van der Waals surface area contributed by atoms with Crippen molar-refractivity contribution in [3.63, 3.8) is 0 Å². The Hall–Kier alpha value is -1.94. The van der Waals surface area contributed by atoms with E-state index in [9.17, 15) is 21.6 Å². The zero-order valence-electron chi connectivity index (χ0n) is 12.8. The van der Waals surface area contributed by atoms with Crippen molar-refractivity contribution in [2.45, 2.75) is 24.7 Å². The van der Waals surface area contributed by atoms with Crippen LogP contribution in [0.1, 0.15) is 12.7 Å². The fourth-order valence-electron chi connectivity index (χ4n) is 2.49. The first kappa shape index (κ1) is 17.9. The third-order valence-electron chi connectivity index (χ3n) is 3.78. The van der Waals surface area contributed by atoms with Crippen molar-refractivity contribution in [1.82, 2.24) is 19.7 Å². The van der Waals surface area contributed by atoms with Crippen LogP contribution in [0.2, 0.25) is 5.15 Å². The number of hydrogen-bond donors (Lipinski definition) is 0. The zero-order chi connectivity index (χ0) is 18.4. The Kier molecular flexibility index (Phi) is 4.36. The molecule has 0 spiro atoms. The molecule has 2 aromatic heterocycles. The highest BCUT2D eigenvalue weighted by Crippen LogP contribution is 2.36. The highest BCUT2D eigenvalue weighted by molar-refractivity contribution is 7.91. The van der Waals surface area contributed by atoms with Gasteiger partial charge in [-0.25, -0.2) is 13.4 Å². The van der Waals surface area contributed by atoms with Crippen molar-refractivity contribution in [2.24, 2.45) is 5.92 Å². The Morgan fingerprint density at radius 2 is 2.04 bits per heavy atom. The molecule has 0 saturated carbocycles. The van der Waals surface area contributed by atoms with Gasteiger partial charge in [-0.2, -0.15) is 13.2 Å². The first-order valence-electron chi connectivity index (χ1n) is 7.21. The van der Waals surface area contributed by atoms with Crippen molar-refractivity contribution in [3.8, 4) is 11.4 Å². The van der Waals surface area contributed by atoms with Crippen LogP contribution in [0.4, 0.5) is 13.2 Å². The predicted molar refractivity (Wildman–Crippen MR) is 84.6 cm³/mol. The number of imidazole rings is 1. The minimum Gasteiger partial charge on any atom is -0.314 e. The molecular weight excluding hydrogens is 381 g/mol. The average Bonchev–Trinajstić information content (AvgIpc) is 2.94. The summed E-state index contributed by atoms with van der Waals surface area (Å²) in [6, 6.07) is 2.82. The monoisotopic (exact) mass is 392 g/mol. The first-order valence-corrected chi connectivity index (χ1v) is 9.24. The molecule has 25 heavy (non-hydrogen) atoms. The maximum absolute atomic E-state index is 13.0. The molecule has 11 heteroatoms. The van der Waals surface area contributed by atoms with Crippen LogP contribution in [-0.4, -0.2) is 40.1 Å². The maximum atomic E-state index is 13.0. The number of allylic oxidation sites excluding steroid dienone is 1. The molecule has 3 heterocycles. The van der Waals surface area contributed by atoms with E-state index in [0.717, 1.165) is 10.6 Å². The summed E-state index contributed by atoms with van der Waals surface area (Å²) in [6.07, 6.45) is -2.34. The first-order chi connectivity index (χ1) is 11.6. The molecular formula is C14H12ClF3N4O2S. The molecule has 134 valence electrons. The van der Waals surface area contributed by atoms with E-state index in [1.165, 1.54) is 25.1 Å². The lowest BCUT2D eigenvalue weighted by Gasteiger charge is -2.22. The van der Waals surface area contributed by atoms with Gasteiger partial charge < -0.3 is 4.57 Å². The summed E-state index contributed by atoms with van der Waals surface area (Å²) < 4.78 is 65.2. The maximum Gasteiger partial charge on any atom is 0.396 e. The largest absolute Gasteiger partial charge is 0.396 e. The van der Waals surface area contributed by atoms with E-state index in [2.05, 4.69) is 15.2 Å². The fourth-order valence-corrected chi connectivity index (χ4v) is 3.81.